The maximum Gasteiger partial charge on any atom is 0.261 e. The predicted molar refractivity (Wildman–Crippen MR) is 105 cm³/mol. The molecule has 0 aliphatic rings. The Kier molecular flexibility index (Phi) is 7.12. The molecule has 1 amide bonds. The van der Waals surface area contributed by atoms with Crippen molar-refractivity contribution >= 4 is 21.6 Å². The lowest BCUT2D eigenvalue weighted by molar-refractivity contribution is 0.0937. The number of carbonyl (C=O) groups is 1. The van der Waals surface area contributed by atoms with Crippen molar-refractivity contribution in [2.24, 2.45) is 5.92 Å². The van der Waals surface area contributed by atoms with Crippen LogP contribution >= 0.6 is 0 Å². The van der Waals surface area contributed by atoms with Gasteiger partial charge in [-0.1, -0.05) is 13.8 Å². The predicted octanol–water partition coefficient (Wildman–Crippen LogP) is 4.32. The maximum atomic E-state index is 13.3. The van der Waals surface area contributed by atoms with Gasteiger partial charge in [-0.15, -0.1) is 0 Å². The largest absolute Gasteiger partial charge is 0.350 e. The average molecular weight is 410 g/mol. The summed E-state index contributed by atoms with van der Waals surface area (Å²) in [5, 5.41) is 2.90. The van der Waals surface area contributed by atoms with Gasteiger partial charge in [-0.25, -0.2) is 17.2 Å². The van der Waals surface area contributed by atoms with E-state index in [9.17, 15) is 22.0 Å². The van der Waals surface area contributed by atoms with Gasteiger partial charge in [-0.2, -0.15) is 0 Å². The third kappa shape index (κ3) is 6.02. The van der Waals surface area contributed by atoms with E-state index in [4.69, 9.17) is 0 Å². The van der Waals surface area contributed by atoms with Crippen molar-refractivity contribution < 1.29 is 22.0 Å². The van der Waals surface area contributed by atoms with E-state index in [1.54, 1.807) is 0 Å². The van der Waals surface area contributed by atoms with Crippen molar-refractivity contribution in [2.75, 3.05) is 4.72 Å². The summed E-state index contributed by atoms with van der Waals surface area (Å²) in [5.41, 5.74) is 0.598. The van der Waals surface area contributed by atoms with Crippen molar-refractivity contribution in [2.45, 2.75) is 44.6 Å². The van der Waals surface area contributed by atoms with Gasteiger partial charge in [0.25, 0.3) is 15.9 Å². The van der Waals surface area contributed by atoms with E-state index in [-0.39, 0.29) is 17.6 Å². The zero-order chi connectivity index (χ0) is 20.9. The van der Waals surface area contributed by atoms with Crippen LogP contribution in [0.25, 0.3) is 0 Å². The van der Waals surface area contributed by atoms with E-state index in [0.29, 0.717) is 17.5 Å². The normalized spacial score (nSPS) is 12.6. The Morgan fingerprint density at radius 1 is 0.964 bits per heavy atom. The highest BCUT2D eigenvalue weighted by Gasteiger charge is 2.17. The summed E-state index contributed by atoms with van der Waals surface area (Å²) in [6.07, 6.45) is 1.88. The Labute approximate surface area is 164 Å². The molecule has 0 aromatic heterocycles. The third-order valence-corrected chi connectivity index (χ3v) is 5.53. The van der Waals surface area contributed by atoms with Gasteiger partial charge in [0, 0.05) is 17.3 Å². The molecular weight excluding hydrogens is 386 g/mol. The number of rotatable bonds is 8. The van der Waals surface area contributed by atoms with Gasteiger partial charge in [-0.05, 0) is 68.1 Å². The quantitative estimate of drug-likeness (QED) is 0.681. The van der Waals surface area contributed by atoms with Crippen LogP contribution in [-0.4, -0.2) is 20.4 Å². The summed E-state index contributed by atoms with van der Waals surface area (Å²) in [7, 11) is -4.08. The highest BCUT2D eigenvalue weighted by molar-refractivity contribution is 7.92. The highest BCUT2D eigenvalue weighted by atomic mass is 32.2. The first-order chi connectivity index (χ1) is 13.1. The number of sulfonamides is 1. The van der Waals surface area contributed by atoms with Crippen LogP contribution in [0.15, 0.2) is 47.4 Å². The first-order valence-electron chi connectivity index (χ1n) is 8.97. The number of anilines is 1. The Balaban J connectivity index is 2.03. The standard InChI is InChI=1S/C20H24F2N2O3S/c1-13(2)4-5-14(3)23-20(25)15-6-8-16(9-7-15)24-28(26,27)17-10-11-18(21)19(22)12-17/h6-14,24H,4-5H2,1-3H3,(H,23,25). The van der Waals surface area contributed by atoms with Crippen molar-refractivity contribution in [3.63, 3.8) is 0 Å². The zero-order valence-electron chi connectivity index (χ0n) is 16.0. The Morgan fingerprint density at radius 2 is 1.61 bits per heavy atom. The fourth-order valence-corrected chi connectivity index (χ4v) is 3.58. The molecule has 0 saturated carbocycles. The van der Waals surface area contributed by atoms with Crippen LogP contribution in [-0.2, 0) is 10.0 Å². The van der Waals surface area contributed by atoms with Crippen molar-refractivity contribution in [3.05, 3.63) is 59.7 Å². The Hall–Kier alpha value is -2.48. The summed E-state index contributed by atoms with van der Waals surface area (Å²) in [4.78, 5) is 11.9. The molecule has 2 aromatic carbocycles. The van der Waals surface area contributed by atoms with Gasteiger partial charge in [0.1, 0.15) is 0 Å². The topological polar surface area (TPSA) is 75.3 Å². The van der Waals surface area contributed by atoms with E-state index < -0.39 is 26.6 Å². The van der Waals surface area contributed by atoms with E-state index in [0.717, 1.165) is 25.0 Å². The lowest BCUT2D eigenvalue weighted by Gasteiger charge is -2.15. The van der Waals surface area contributed by atoms with Crippen molar-refractivity contribution in [1.29, 1.82) is 0 Å². The first-order valence-corrected chi connectivity index (χ1v) is 10.5. The Morgan fingerprint density at radius 3 is 2.18 bits per heavy atom. The fraction of sp³-hybridized carbons (Fsp3) is 0.350. The number of nitrogens with one attached hydrogen (secondary N) is 2. The second kappa shape index (κ2) is 9.14. The molecule has 0 saturated heterocycles. The maximum absolute atomic E-state index is 13.3. The smallest absolute Gasteiger partial charge is 0.261 e. The number of carbonyl (C=O) groups excluding carboxylic acids is 1. The van der Waals surface area contributed by atoms with Gasteiger partial charge in [0.15, 0.2) is 11.6 Å². The molecule has 28 heavy (non-hydrogen) atoms. The van der Waals surface area contributed by atoms with Crippen LogP contribution < -0.4 is 10.0 Å². The molecule has 1 atom stereocenters. The van der Waals surface area contributed by atoms with Crippen LogP contribution in [0.1, 0.15) is 44.0 Å². The first kappa shape index (κ1) is 21.8. The number of hydrogen-bond acceptors (Lipinski definition) is 3. The second-order valence-corrected chi connectivity index (χ2v) is 8.79. The van der Waals surface area contributed by atoms with Gasteiger partial charge >= 0.3 is 0 Å². The molecule has 0 heterocycles. The summed E-state index contributed by atoms with van der Waals surface area (Å²) < 4.78 is 53.1. The molecule has 2 N–H and O–H groups in total. The summed E-state index contributed by atoms with van der Waals surface area (Å²) >= 11 is 0. The number of halogens is 2. The minimum absolute atomic E-state index is 0.0291. The SMILES string of the molecule is CC(C)CCC(C)NC(=O)c1ccc(NS(=O)(=O)c2ccc(F)c(F)c2)cc1. The molecule has 8 heteroatoms. The minimum atomic E-state index is -4.08. The average Bonchev–Trinajstić information content (AvgIpc) is 2.62. The van der Waals surface area contributed by atoms with E-state index in [1.165, 1.54) is 24.3 Å². The molecule has 2 aromatic rings. The zero-order valence-corrected chi connectivity index (χ0v) is 16.8. The highest BCUT2D eigenvalue weighted by Crippen LogP contribution is 2.19. The molecule has 0 aliphatic heterocycles. The fourth-order valence-electron chi connectivity index (χ4n) is 2.51. The van der Waals surface area contributed by atoms with Gasteiger partial charge < -0.3 is 5.32 Å². The van der Waals surface area contributed by atoms with Gasteiger partial charge in [0.05, 0.1) is 4.90 Å². The number of amides is 1. The van der Waals surface area contributed by atoms with E-state index in [1.807, 2.05) is 6.92 Å². The molecule has 152 valence electrons. The van der Waals surface area contributed by atoms with Crippen molar-refractivity contribution in [1.82, 2.24) is 5.32 Å². The third-order valence-electron chi connectivity index (χ3n) is 4.16. The molecule has 2 rings (SSSR count). The van der Waals surface area contributed by atoms with Crippen LogP contribution in [0.5, 0.6) is 0 Å². The molecule has 1 unspecified atom stereocenters. The van der Waals surface area contributed by atoms with E-state index in [2.05, 4.69) is 23.9 Å². The molecule has 0 bridgehead atoms. The van der Waals surface area contributed by atoms with Gasteiger partial charge in [-0.3, -0.25) is 9.52 Å². The summed E-state index contributed by atoms with van der Waals surface area (Å²) in [5.74, 6) is -2.06. The lowest BCUT2D eigenvalue weighted by atomic mass is 10.0. The lowest BCUT2D eigenvalue weighted by Crippen LogP contribution is -2.32. The molecule has 0 aliphatic carbocycles. The number of benzene rings is 2. The molecule has 0 radical (unpaired) electrons. The van der Waals surface area contributed by atoms with Crippen LogP contribution in [0.2, 0.25) is 0 Å². The minimum Gasteiger partial charge on any atom is -0.350 e. The van der Waals surface area contributed by atoms with Crippen LogP contribution in [0.4, 0.5) is 14.5 Å². The Bertz CT molecular complexity index is 929. The number of hydrogen-bond donors (Lipinski definition) is 2. The summed E-state index contributed by atoms with van der Waals surface area (Å²) in [6, 6.07) is 8.22. The van der Waals surface area contributed by atoms with Crippen LogP contribution in [0, 0.1) is 17.6 Å². The van der Waals surface area contributed by atoms with Gasteiger partial charge in [0.2, 0.25) is 0 Å². The van der Waals surface area contributed by atoms with E-state index >= 15 is 0 Å². The molecular formula is C20H24F2N2O3S. The molecule has 0 spiro atoms. The second-order valence-electron chi connectivity index (χ2n) is 7.10. The monoisotopic (exact) mass is 410 g/mol. The summed E-state index contributed by atoms with van der Waals surface area (Å²) in [6.45, 7) is 6.17. The van der Waals surface area contributed by atoms with Crippen molar-refractivity contribution in [3.8, 4) is 0 Å². The molecule has 5 nitrogen and oxygen atoms in total. The molecule has 0 fully saturated rings. The van der Waals surface area contributed by atoms with Crippen LogP contribution in [0.3, 0.4) is 0 Å².